The van der Waals surface area contributed by atoms with Crippen molar-refractivity contribution in [3.63, 3.8) is 0 Å². The fourth-order valence-corrected chi connectivity index (χ4v) is 5.25. The summed E-state index contributed by atoms with van der Waals surface area (Å²) in [5.74, 6) is 0. The van der Waals surface area contributed by atoms with Crippen molar-refractivity contribution in [1.29, 1.82) is 0 Å². The van der Waals surface area contributed by atoms with Crippen LogP contribution >= 0.6 is 11.8 Å². The van der Waals surface area contributed by atoms with Crippen molar-refractivity contribution in [3.8, 4) is 0 Å². The molecule has 0 amide bonds. The third-order valence-electron chi connectivity index (χ3n) is 3.34. The van der Waals surface area contributed by atoms with Crippen LogP contribution in [0.3, 0.4) is 0 Å². The predicted octanol–water partition coefficient (Wildman–Crippen LogP) is 5.62. The second kappa shape index (κ2) is 10.7. The van der Waals surface area contributed by atoms with Gasteiger partial charge in [-0.05, 0) is 0 Å². The van der Waals surface area contributed by atoms with E-state index in [2.05, 4.69) is 73.0 Å². The fraction of sp³-hybridized carbons (Fsp3) is 0.300. The van der Waals surface area contributed by atoms with E-state index in [1.807, 2.05) is 11.8 Å². The molecule has 0 fully saturated rings. The first-order chi connectivity index (χ1) is 10.9. The molecule has 2 aromatic carbocycles. The summed E-state index contributed by atoms with van der Waals surface area (Å²) in [7, 11) is 0. The Hall–Kier alpha value is -0.951. The van der Waals surface area contributed by atoms with Crippen LogP contribution in [0.1, 0.15) is 39.0 Å². The Morgan fingerprint density at radius 3 is 2.27 bits per heavy atom. The van der Waals surface area contributed by atoms with E-state index in [4.69, 9.17) is 0 Å². The summed E-state index contributed by atoms with van der Waals surface area (Å²) in [6, 6.07) is 21.6. The van der Waals surface area contributed by atoms with Gasteiger partial charge in [0.1, 0.15) is 0 Å². The number of hydrogen-bond donors (Lipinski definition) is 0. The van der Waals surface area contributed by atoms with E-state index in [1.165, 1.54) is 41.5 Å². The Balaban J connectivity index is 1.97. The van der Waals surface area contributed by atoms with Gasteiger partial charge in [0.2, 0.25) is 0 Å². The first-order valence-electron chi connectivity index (χ1n) is 8.02. The van der Waals surface area contributed by atoms with Gasteiger partial charge in [0.15, 0.2) is 0 Å². The van der Waals surface area contributed by atoms with E-state index in [9.17, 15) is 0 Å². The topological polar surface area (TPSA) is 0 Å². The standard InChI is InChI=1S/C20H24SSe/c1-2-3-4-9-16-20(22-19-14-10-6-11-15-19)17-21-18-12-7-5-8-13-18/h5-8,10-15,17H,2-4,9,16H2,1H3/b20-17-. The molecule has 0 spiro atoms. The van der Waals surface area contributed by atoms with E-state index >= 15 is 0 Å². The van der Waals surface area contributed by atoms with Gasteiger partial charge in [-0.1, -0.05) is 0 Å². The zero-order valence-electron chi connectivity index (χ0n) is 13.2. The second-order valence-corrected chi connectivity index (χ2v) is 8.70. The molecule has 0 nitrogen and oxygen atoms in total. The number of hydrogen-bond acceptors (Lipinski definition) is 1. The normalized spacial score (nSPS) is 11.6. The van der Waals surface area contributed by atoms with Gasteiger partial charge in [-0.2, -0.15) is 0 Å². The SMILES string of the molecule is CCCCCC/C(=C/Sc1ccccc1)[Se]c1ccccc1. The van der Waals surface area contributed by atoms with Crippen LogP contribution in [0.25, 0.3) is 0 Å². The molecule has 0 N–H and O–H groups in total. The van der Waals surface area contributed by atoms with Gasteiger partial charge in [0.05, 0.1) is 0 Å². The molecule has 2 aromatic rings. The monoisotopic (exact) mass is 376 g/mol. The molecule has 0 saturated heterocycles. The summed E-state index contributed by atoms with van der Waals surface area (Å²) in [5.41, 5.74) is 0. The summed E-state index contributed by atoms with van der Waals surface area (Å²) in [6.45, 7) is 2.27. The summed E-state index contributed by atoms with van der Waals surface area (Å²) in [6.07, 6.45) is 6.59. The van der Waals surface area contributed by atoms with Gasteiger partial charge in [-0.3, -0.25) is 0 Å². The van der Waals surface area contributed by atoms with Crippen LogP contribution in [0.5, 0.6) is 0 Å². The number of thioether (sulfide) groups is 1. The molecule has 0 aliphatic rings. The third kappa shape index (κ3) is 6.87. The van der Waals surface area contributed by atoms with Crippen molar-refractivity contribution in [1.82, 2.24) is 0 Å². The predicted molar refractivity (Wildman–Crippen MR) is 101 cm³/mol. The minimum atomic E-state index is 0.454. The molecule has 116 valence electrons. The molecule has 0 aliphatic heterocycles. The molecule has 0 unspecified atom stereocenters. The molecule has 0 atom stereocenters. The third-order valence-corrected chi connectivity index (χ3v) is 6.91. The van der Waals surface area contributed by atoms with Crippen molar-refractivity contribution in [3.05, 3.63) is 70.5 Å². The zero-order chi connectivity index (χ0) is 15.5. The van der Waals surface area contributed by atoms with Crippen molar-refractivity contribution < 1.29 is 0 Å². The Kier molecular flexibility index (Phi) is 8.48. The van der Waals surface area contributed by atoms with E-state index < -0.39 is 0 Å². The van der Waals surface area contributed by atoms with Crippen LogP contribution in [0, 0.1) is 0 Å². The quantitative estimate of drug-likeness (QED) is 0.311. The Morgan fingerprint density at radius 1 is 0.909 bits per heavy atom. The summed E-state index contributed by atoms with van der Waals surface area (Å²) < 4.78 is 3.09. The number of benzene rings is 2. The average molecular weight is 375 g/mol. The molecule has 22 heavy (non-hydrogen) atoms. The summed E-state index contributed by atoms with van der Waals surface area (Å²) >= 11 is 2.32. The zero-order valence-corrected chi connectivity index (χ0v) is 15.7. The molecule has 0 heterocycles. The van der Waals surface area contributed by atoms with Crippen LogP contribution < -0.4 is 4.46 Å². The first kappa shape index (κ1) is 17.4. The van der Waals surface area contributed by atoms with Gasteiger partial charge in [0.25, 0.3) is 0 Å². The van der Waals surface area contributed by atoms with Crippen LogP contribution in [0.15, 0.2) is 75.4 Å². The van der Waals surface area contributed by atoms with Crippen molar-refractivity contribution in [2.45, 2.75) is 43.9 Å². The molecule has 0 radical (unpaired) electrons. The average Bonchev–Trinajstić information content (AvgIpc) is 2.58. The molecule has 2 rings (SSSR count). The first-order valence-corrected chi connectivity index (χ1v) is 10.6. The van der Waals surface area contributed by atoms with Gasteiger partial charge >= 0.3 is 146 Å². The molecular weight excluding hydrogens is 351 g/mol. The molecule has 0 bridgehead atoms. The maximum atomic E-state index is 2.40. The van der Waals surface area contributed by atoms with Crippen LogP contribution in [0.4, 0.5) is 0 Å². The molecule has 0 aliphatic carbocycles. The van der Waals surface area contributed by atoms with Crippen molar-refractivity contribution in [2.75, 3.05) is 0 Å². The Labute approximate surface area is 145 Å². The van der Waals surface area contributed by atoms with Gasteiger partial charge in [-0.25, -0.2) is 0 Å². The second-order valence-electron chi connectivity index (χ2n) is 5.24. The van der Waals surface area contributed by atoms with Crippen molar-refractivity contribution >= 4 is 31.2 Å². The van der Waals surface area contributed by atoms with Crippen LogP contribution in [-0.2, 0) is 0 Å². The van der Waals surface area contributed by atoms with Crippen LogP contribution in [-0.4, -0.2) is 15.0 Å². The van der Waals surface area contributed by atoms with Crippen LogP contribution in [0.2, 0.25) is 0 Å². The molecular formula is C20H24SSe. The van der Waals surface area contributed by atoms with Gasteiger partial charge < -0.3 is 0 Å². The van der Waals surface area contributed by atoms with E-state index in [-0.39, 0.29) is 0 Å². The number of unbranched alkanes of at least 4 members (excludes halogenated alkanes) is 3. The fourth-order valence-electron chi connectivity index (χ4n) is 2.13. The Bertz CT molecular complexity index is 548. The van der Waals surface area contributed by atoms with Gasteiger partial charge in [-0.15, -0.1) is 0 Å². The molecule has 0 aromatic heterocycles. The van der Waals surface area contributed by atoms with Gasteiger partial charge in [0, 0.05) is 0 Å². The molecule has 2 heteroatoms. The van der Waals surface area contributed by atoms with E-state index in [0.29, 0.717) is 15.0 Å². The molecule has 0 saturated carbocycles. The Morgan fingerprint density at radius 2 is 1.59 bits per heavy atom. The maximum absolute atomic E-state index is 2.40. The number of allylic oxidation sites excluding steroid dienone is 1. The van der Waals surface area contributed by atoms with E-state index in [0.717, 1.165) is 0 Å². The van der Waals surface area contributed by atoms with E-state index in [1.54, 1.807) is 4.47 Å². The van der Waals surface area contributed by atoms with Crippen molar-refractivity contribution in [2.24, 2.45) is 0 Å². The minimum absolute atomic E-state index is 0.454. The summed E-state index contributed by atoms with van der Waals surface area (Å²) in [5, 5.41) is 2.40. The summed E-state index contributed by atoms with van der Waals surface area (Å²) in [4.78, 5) is 1.33. The number of rotatable bonds is 9.